The summed E-state index contributed by atoms with van der Waals surface area (Å²) in [5, 5.41) is 11.8. The predicted octanol–water partition coefficient (Wildman–Crippen LogP) is 3.69. The standard InChI is InChI=1S/C16H12ClN3O/c17-12-4-2-1-3-10(12)11-7-14(21)19-13-6-5-9-8-18-20-16(9)15(11)13/h1-6,8,11H,7H2,(H,18,20)(H,19,21). The normalized spacial score (nSPS) is 17.6. The van der Waals surface area contributed by atoms with Crippen molar-refractivity contribution in [3.63, 3.8) is 0 Å². The third-order valence-corrected chi connectivity index (χ3v) is 4.29. The second-order valence-corrected chi connectivity index (χ2v) is 5.59. The zero-order chi connectivity index (χ0) is 14.4. The van der Waals surface area contributed by atoms with Crippen LogP contribution >= 0.6 is 11.6 Å². The van der Waals surface area contributed by atoms with E-state index >= 15 is 0 Å². The van der Waals surface area contributed by atoms with Gasteiger partial charge in [0.1, 0.15) is 0 Å². The largest absolute Gasteiger partial charge is 0.326 e. The van der Waals surface area contributed by atoms with Crippen LogP contribution in [-0.4, -0.2) is 16.1 Å². The molecule has 0 bridgehead atoms. The molecule has 0 radical (unpaired) electrons. The molecule has 1 unspecified atom stereocenters. The highest BCUT2D eigenvalue weighted by molar-refractivity contribution is 6.31. The second-order valence-electron chi connectivity index (χ2n) is 5.19. The molecule has 1 aromatic heterocycles. The summed E-state index contributed by atoms with van der Waals surface area (Å²) in [4.78, 5) is 12.0. The van der Waals surface area contributed by atoms with E-state index in [0.717, 1.165) is 27.7 Å². The Hall–Kier alpha value is -2.33. The summed E-state index contributed by atoms with van der Waals surface area (Å²) < 4.78 is 0. The van der Waals surface area contributed by atoms with Crippen LogP contribution in [0.3, 0.4) is 0 Å². The Kier molecular flexibility index (Phi) is 2.72. The first-order valence-corrected chi connectivity index (χ1v) is 7.12. The molecular formula is C16H12ClN3O. The highest BCUT2D eigenvalue weighted by Crippen LogP contribution is 2.42. The zero-order valence-corrected chi connectivity index (χ0v) is 11.8. The zero-order valence-electron chi connectivity index (χ0n) is 11.1. The van der Waals surface area contributed by atoms with Crippen molar-refractivity contribution in [1.29, 1.82) is 0 Å². The summed E-state index contributed by atoms with van der Waals surface area (Å²) in [6.07, 6.45) is 2.17. The first-order valence-electron chi connectivity index (χ1n) is 6.74. The molecule has 104 valence electrons. The Labute approximate surface area is 126 Å². The maximum absolute atomic E-state index is 12.0. The number of carbonyl (C=O) groups excluding carboxylic acids is 1. The lowest BCUT2D eigenvalue weighted by atomic mass is 9.83. The number of aromatic amines is 1. The lowest BCUT2D eigenvalue weighted by Crippen LogP contribution is -2.24. The minimum absolute atomic E-state index is 0.00582. The summed E-state index contributed by atoms with van der Waals surface area (Å²) in [7, 11) is 0. The molecule has 1 aliphatic rings. The van der Waals surface area contributed by atoms with Crippen LogP contribution in [0.15, 0.2) is 42.6 Å². The Morgan fingerprint density at radius 2 is 2.05 bits per heavy atom. The summed E-state index contributed by atoms with van der Waals surface area (Å²) in [5.41, 5.74) is 3.81. The fraction of sp³-hybridized carbons (Fsp3) is 0.125. The molecule has 21 heavy (non-hydrogen) atoms. The van der Waals surface area contributed by atoms with Crippen molar-refractivity contribution in [3.05, 3.63) is 58.7 Å². The molecule has 0 aliphatic carbocycles. The molecule has 2 heterocycles. The van der Waals surface area contributed by atoms with Crippen molar-refractivity contribution in [2.45, 2.75) is 12.3 Å². The van der Waals surface area contributed by atoms with Crippen LogP contribution in [0.25, 0.3) is 10.9 Å². The van der Waals surface area contributed by atoms with E-state index in [1.807, 2.05) is 36.4 Å². The average Bonchev–Trinajstić information content (AvgIpc) is 2.95. The molecule has 0 fully saturated rings. The summed E-state index contributed by atoms with van der Waals surface area (Å²) in [5.74, 6) is -0.0575. The number of fused-ring (bicyclic) bond motifs is 3. The molecule has 4 nitrogen and oxygen atoms in total. The van der Waals surface area contributed by atoms with Crippen molar-refractivity contribution in [1.82, 2.24) is 10.2 Å². The quantitative estimate of drug-likeness (QED) is 0.719. The Morgan fingerprint density at radius 3 is 2.90 bits per heavy atom. The fourth-order valence-electron chi connectivity index (χ4n) is 3.02. The van der Waals surface area contributed by atoms with Crippen molar-refractivity contribution in [2.24, 2.45) is 0 Å². The molecule has 0 saturated carbocycles. The van der Waals surface area contributed by atoms with Crippen LogP contribution < -0.4 is 5.32 Å². The van der Waals surface area contributed by atoms with E-state index < -0.39 is 0 Å². The highest BCUT2D eigenvalue weighted by Gasteiger charge is 2.30. The van der Waals surface area contributed by atoms with Crippen LogP contribution in [0.1, 0.15) is 23.5 Å². The third kappa shape index (κ3) is 1.91. The monoisotopic (exact) mass is 297 g/mol. The number of nitrogens with one attached hydrogen (secondary N) is 2. The van der Waals surface area contributed by atoms with E-state index in [2.05, 4.69) is 15.5 Å². The maximum Gasteiger partial charge on any atom is 0.225 e. The molecule has 4 rings (SSSR count). The average molecular weight is 298 g/mol. The predicted molar refractivity (Wildman–Crippen MR) is 82.6 cm³/mol. The molecule has 0 saturated heterocycles. The van der Waals surface area contributed by atoms with Crippen molar-refractivity contribution in [3.8, 4) is 0 Å². The summed E-state index contributed by atoms with van der Waals surface area (Å²) in [6, 6.07) is 11.6. The number of halogens is 1. The Balaban J connectivity index is 2.00. The van der Waals surface area contributed by atoms with Gasteiger partial charge in [0.15, 0.2) is 0 Å². The molecule has 1 atom stereocenters. The van der Waals surface area contributed by atoms with E-state index in [0.29, 0.717) is 11.4 Å². The smallest absolute Gasteiger partial charge is 0.225 e. The minimum atomic E-state index is -0.0633. The van der Waals surface area contributed by atoms with E-state index in [1.165, 1.54) is 0 Å². The van der Waals surface area contributed by atoms with Crippen LogP contribution in [0.2, 0.25) is 5.02 Å². The van der Waals surface area contributed by atoms with Gasteiger partial charge in [0.2, 0.25) is 5.91 Å². The van der Waals surface area contributed by atoms with Gasteiger partial charge in [0.05, 0.1) is 11.7 Å². The van der Waals surface area contributed by atoms with Crippen LogP contribution in [-0.2, 0) is 4.79 Å². The number of hydrogen-bond donors (Lipinski definition) is 2. The van der Waals surface area contributed by atoms with E-state index in [1.54, 1.807) is 6.20 Å². The first-order chi connectivity index (χ1) is 10.2. The number of H-pyrrole nitrogens is 1. The number of nitrogens with zero attached hydrogens (tertiary/aromatic N) is 1. The van der Waals surface area contributed by atoms with E-state index in [-0.39, 0.29) is 11.8 Å². The van der Waals surface area contributed by atoms with Gasteiger partial charge in [-0.2, -0.15) is 5.10 Å². The molecule has 1 aliphatic heterocycles. The lowest BCUT2D eigenvalue weighted by molar-refractivity contribution is -0.116. The third-order valence-electron chi connectivity index (χ3n) is 3.95. The molecule has 0 spiro atoms. The SMILES string of the molecule is O=C1CC(c2ccccc2Cl)c2c(ccc3cn[nH]c23)N1. The van der Waals surface area contributed by atoms with Gasteiger partial charge >= 0.3 is 0 Å². The number of hydrogen-bond acceptors (Lipinski definition) is 2. The number of benzene rings is 2. The van der Waals surface area contributed by atoms with E-state index in [9.17, 15) is 4.79 Å². The first kappa shape index (κ1) is 12.4. The Morgan fingerprint density at radius 1 is 1.19 bits per heavy atom. The molecule has 2 N–H and O–H groups in total. The molecule has 2 aromatic carbocycles. The Bertz CT molecular complexity index is 856. The van der Waals surface area contributed by atoms with Gasteiger partial charge in [0.25, 0.3) is 0 Å². The molecule has 1 amide bonds. The molecular weight excluding hydrogens is 286 g/mol. The second kappa shape index (κ2) is 4.60. The van der Waals surface area contributed by atoms with Gasteiger partial charge in [-0.3, -0.25) is 9.89 Å². The van der Waals surface area contributed by atoms with Gasteiger partial charge < -0.3 is 5.32 Å². The van der Waals surface area contributed by atoms with Gasteiger partial charge in [-0.1, -0.05) is 29.8 Å². The topological polar surface area (TPSA) is 57.8 Å². The number of anilines is 1. The van der Waals surface area contributed by atoms with Gasteiger partial charge in [-0.05, 0) is 23.8 Å². The van der Waals surface area contributed by atoms with Crippen LogP contribution in [0, 0.1) is 0 Å². The summed E-state index contributed by atoms with van der Waals surface area (Å²) >= 11 is 6.34. The van der Waals surface area contributed by atoms with Gasteiger partial charge in [-0.15, -0.1) is 0 Å². The highest BCUT2D eigenvalue weighted by atomic mass is 35.5. The van der Waals surface area contributed by atoms with Crippen molar-refractivity contribution in [2.75, 3.05) is 5.32 Å². The number of aromatic nitrogens is 2. The van der Waals surface area contributed by atoms with Crippen molar-refractivity contribution >= 4 is 34.1 Å². The van der Waals surface area contributed by atoms with E-state index in [4.69, 9.17) is 11.6 Å². The molecule has 5 heteroatoms. The minimum Gasteiger partial charge on any atom is -0.326 e. The number of carbonyl (C=O) groups is 1. The number of rotatable bonds is 1. The maximum atomic E-state index is 12.0. The van der Waals surface area contributed by atoms with Crippen LogP contribution in [0.4, 0.5) is 5.69 Å². The van der Waals surface area contributed by atoms with Gasteiger partial charge in [0, 0.05) is 34.0 Å². The lowest BCUT2D eigenvalue weighted by Gasteiger charge is -2.27. The van der Waals surface area contributed by atoms with Gasteiger partial charge in [-0.25, -0.2) is 0 Å². The number of amides is 1. The van der Waals surface area contributed by atoms with Crippen molar-refractivity contribution < 1.29 is 4.79 Å². The molecule has 3 aromatic rings. The summed E-state index contributed by atoms with van der Waals surface area (Å²) in [6.45, 7) is 0. The van der Waals surface area contributed by atoms with Crippen LogP contribution in [0.5, 0.6) is 0 Å². The fourth-order valence-corrected chi connectivity index (χ4v) is 3.29.